The summed E-state index contributed by atoms with van der Waals surface area (Å²) >= 11 is 4.94. The van der Waals surface area contributed by atoms with Crippen molar-refractivity contribution in [2.75, 3.05) is 0 Å². The number of hydrogen-bond acceptors (Lipinski definition) is 2. The predicted molar refractivity (Wildman–Crippen MR) is 67.5 cm³/mol. The molecule has 0 fully saturated rings. The third-order valence-corrected chi connectivity index (χ3v) is 3.38. The second-order valence-electron chi connectivity index (χ2n) is 3.25. The third kappa shape index (κ3) is 2.76. The van der Waals surface area contributed by atoms with Gasteiger partial charge in [0.05, 0.1) is 0 Å². The molecule has 0 unspecified atom stereocenters. The molecule has 0 saturated heterocycles. The molecule has 0 bridgehead atoms. The van der Waals surface area contributed by atoms with Crippen molar-refractivity contribution in [1.82, 2.24) is 0 Å². The molecule has 2 rings (SSSR count). The van der Waals surface area contributed by atoms with Gasteiger partial charge in [-0.05, 0) is 34.5 Å². The topological polar surface area (TPSA) is 17.1 Å². The smallest absolute Gasteiger partial charge is 0.183 e. The summed E-state index contributed by atoms with van der Waals surface area (Å²) in [5, 5.41) is 3.73. The fraction of sp³-hybridized carbons (Fsp3) is 0.0833. The normalized spacial score (nSPS) is 10.2. The van der Waals surface area contributed by atoms with E-state index < -0.39 is 0 Å². The summed E-state index contributed by atoms with van der Waals surface area (Å²) in [7, 11) is 0. The lowest BCUT2D eigenvalue weighted by atomic mass is 10.1. The van der Waals surface area contributed by atoms with E-state index in [2.05, 4.69) is 15.9 Å². The van der Waals surface area contributed by atoms with Crippen molar-refractivity contribution < 1.29 is 0 Å². The van der Waals surface area contributed by atoms with Gasteiger partial charge in [-0.2, -0.15) is 11.3 Å². The molecule has 15 heavy (non-hydrogen) atoms. The van der Waals surface area contributed by atoms with E-state index in [4.69, 9.17) is 0 Å². The highest BCUT2D eigenvalue weighted by atomic mass is 79.9. The van der Waals surface area contributed by atoms with Crippen molar-refractivity contribution in [2.24, 2.45) is 0 Å². The van der Waals surface area contributed by atoms with Gasteiger partial charge in [0.25, 0.3) is 0 Å². The number of rotatable bonds is 2. The minimum Gasteiger partial charge on any atom is -0.290 e. The molecular weight excluding hydrogens is 272 g/mol. The number of benzene rings is 1. The summed E-state index contributed by atoms with van der Waals surface area (Å²) in [4.78, 5) is 11.5. The average Bonchev–Trinajstić information content (AvgIpc) is 2.25. The van der Waals surface area contributed by atoms with Crippen LogP contribution in [0.25, 0.3) is 0 Å². The van der Waals surface area contributed by atoms with E-state index in [0.717, 1.165) is 15.6 Å². The van der Waals surface area contributed by atoms with E-state index >= 15 is 0 Å². The van der Waals surface area contributed by atoms with Crippen molar-refractivity contribution in [2.45, 2.75) is 6.42 Å². The first-order valence-electron chi connectivity index (χ1n) is 4.55. The van der Waals surface area contributed by atoms with Crippen molar-refractivity contribution in [3.05, 3.63) is 66.9 Å². The molecule has 0 amide bonds. The molecule has 1 aromatic carbocycles. The molecule has 0 aliphatic rings. The SMILES string of the molecule is O=c1ccscc1Cc1ccc(Br)cc1. The molecule has 76 valence electrons. The first kappa shape index (κ1) is 10.6. The Hall–Kier alpha value is -0.930. The van der Waals surface area contributed by atoms with Gasteiger partial charge in [-0.3, -0.25) is 4.79 Å². The Bertz CT molecular complexity index is 502. The van der Waals surface area contributed by atoms with Gasteiger partial charge in [0.1, 0.15) is 0 Å². The molecule has 0 aliphatic carbocycles. The number of halogens is 1. The van der Waals surface area contributed by atoms with Crippen LogP contribution in [0.5, 0.6) is 0 Å². The van der Waals surface area contributed by atoms with Gasteiger partial charge in [-0.25, -0.2) is 0 Å². The second-order valence-corrected chi connectivity index (χ2v) is 4.95. The van der Waals surface area contributed by atoms with Crippen LogP contribution in [0.3, 0.4) is 0 Å². The molecule has 0 spiro atoms. The van der Waals surface area contributed by atoms with Crippen LogP contribution in [0.2, 0.25) is 0 Å². The summed E-state index contributed by atoms with van der Waals surface area (Å²) in [6.07, 6.45) is 0.712. The molecule has 0 radical (unpaired) electrons. The summed E-state index contributed by atoms with van der Waals surface area (Å²) in [5.74, 6) is 0. The highest BCUT2D eigenvalue weighted by Crippen LogP contribution is 2.13. The molecule has 1 aromatic heterocycles. The van der Waals surface area contributed by atoms with E-state index in [9.17, 15) is 4.79 Å². The van der Waals surface area contributed by atoms with Crippen LogP contribution < -0.4 is 5.43 Å². The minimum absolute atomic E-state index is 0.122. The van der Waals surface area contributed by atoms with E-state index in [1.165, 1.54) is 0 Å². The van der Waals surface area contributed by atoms with Crippen molar-refractivity contribution in [3.63, 3.8) is 0 Å². The minimum atomic E-state index is 0.122. The van der Waals surface area contributed by atoms with Crippen LogP contribution in [-0.2, 0) is 6.42 Å². The molecule has 0 aliphatic heterocycles. The van der Waals surface area contributed by atoms with Crippen LogP contribution in [0.15, 0.2) is 50.4 Å². The van der Waals surface area contributed by atoms with E-state index in [1.54, 1.807) is 17.4 Å². The molecule has 3 heteroatoms. The van der Waals surface area contributed by atoms with Gasteiger partial charge in [-0.15, -0.1) is 0 Å². The quantitative estimate of drug-likeness (QED) is 0.824. The fourth-order valence-electron chi connectivity index (χ4n) is 1.34. The Labute approximate surface area is 101 Å². The Morgan fingerprint density at radius 1 is 1.13 bits per heavy atom. The third-order valence-electron chi connectivity index (χ3n) is 2.13. The molecule has 0 atom stereocenters. The lowest BCUT2D eigenvalue weighted by molar-refractivity contribution is 1.18. The number of hydrogen-bond donors (Lipinski definition) is 0. The van der Waals surface area contributed by atoms with Gasteiger partial charge < -0.3 is 0 Å². The molecule has 2 aromatic rings. The van der Waals surface area contributed by atoms with E-state index in [-0.39, 0.29) is 5.43 Å². The second kappa shape index (κ2) is 4.73. The lowest BCUT2D eigenvalue weighted by Gasteiger charge is -2.00. The maximum absolute atomic E-state index is 11.5. The molecule has 1 nitrogen and oxygen atoms in total. The largest absolute Gasteiger partial charge is 0.290 e. The molecule has 1 heterocycles. The highest BCUT2D eigenvalue weighted by Gasteiger charge is 1.99. The molecular formula is C12H9BrOS. The zero-order chi connectivity index (χ0) is 10.7. The average molecular weight is 281 g/mol. The Balaban J connectivity index is 2.26. The van der Waals surface area contributed by atoms with Gasteiger partial charge in [0, 0.05) is 16.5 Å². The summed E-state index contributed by atoms with van der Waals surface area (Å²) < 4.78 is 1.06. The van der Waals surface area contributed by atoms with E-state index in [0.29, 0.717) is 6.42 Å². The van der Waals surface area contributed by atoms with Crippen LogP contribution in [-0.4, -0.2) is 0 Å². The van der Waals surface area contributed by atoms with Crippen LogP contribution in [0, 0.1) is 0 Å². The zero-order valence-electron chi connectivity index (χ0n) is 7.94. The maximum atomic E-state index is 11.5. The predicted octanol–water partition coefficient (Wildman–Crippen LogP) is 3.46. The van der Waals surface area contributed by atoms with Gasteiger partial charge >= 0.3 is 0 Å². The van der Waals surface area contributed by atoms with Crippen LogP contribution in [0.1, 0.15) is 11.1 Å². The first-order chi connectivity index (χ1) is 7.25. The summed E-state index contributed by atoms with van der Waals surface area (Å²) in [6, 6.07) is 9.67. The summed E-state index contributed by atoms with van der Waals surface area (Å²) in [5.41, 5.74) is 2.15. The molecule has 0 saturated carbocycles. The van der Waals surface area contributed by atoms with Crippen LogP contribution >= 0.6 is 27.3 Å². The Morgan fingerprint density at radius 2 is 1.87 bits per heavy atom. The van der Waals surface area contributed by atoms with Gasteiger partial charge in [0.15, 0.2) is 5.43 Å². The monoisotopic (exact) mass is 280 g/mol. The van der Waals surface area contributed by atoms with Crippen molar-refractivity contribution in [3.8, 4) is 0 Å². The Kier molecular flexibility index (Phi) is 3.34. The highest BCUT2D eigenvalue weighted by molar-refractivity contribution is 9.10. The van der Waals surface area contributed by atoms with E-state index in [1.807, 2.05) is 35.0 Å². The van der Waals surface area contributed by atoms with Gasteiger partial charge in [0.2, 0.25) is 0 Å². The van der Waals surface area contributed by atoms with Crippen LogP contribution in [0.4, 0.5) is 0 Å². The van der Waals surface area contributed by atoms with Crippen molar-refractivity contribution in [1.29, 1.82) is 0 Å². The lowest BCUT2D eigenvalue weighted by Crippen LogP contribution is -2.05. The summed E-state index contributed by atoms with van der Waals surface area (Å²) in [6.45, 7) is 0. The maximum Gasteiger partial charge on any atom is 0.183 e. The van der Waals surface area contributed by atoms with Crippen molar-refractivity contribution >= 4 is 27.3 Å². The Morgan fingerprint density at radius 3 is 2.53 bits per heavy atom. The first-order valence-corrected chi connectivity index (χ1v) is 6.29. The fourth-order valence-corrected chi connectivity index (χ4v) is 2.25. The molecule has 0 N–H and O–H groups in total. The standard InChI is InChI=1S/C12H9BrOS/c13-11-3-1-9(2-4-11)7-10-8-15-6-5-12(10)14/h1-6,8H,7H2. The van der Waals surface area contributed by atoms with Gasteiger partial charge in [-0.1, -0.05) is 28.1 Å². The zero-order valence-corrected chi connectivity index (χ0v) is 10.3.